The fourth-order valence-electron chi connectivity index (χ4n) is 3.09. The summed E-state index contributed by atoms with van der Waals surface area (Å²) in [6.07, 6.45) is 1.27. The molecule has 26 heavy (non-hydrogen) atoms. The Bertz CT molecular complexity index is 962. The minimum Gasteiger partial charge on any atom is -0.359 e. The van der Waals surface area contributed by atoms with Gasteiger partial charge in [-0.05, 0) is 29.8 Å². The quantitative estimate of drug-likeness (QED) is 0.676. The van der Waals surface area contributed by atoms with Crippen molar-refractivity contribution in [2.75, 3.05) is 5.32 Å². The molecule has 1 atom stereocenters. The third-order valence-corrected chi connectivity index (χ3v) is 5.16. The number of hydrogen-bond acceptors (Lipinski definition) is 3. The summed E-state index contributed by atoms with van der Waals surface area (Å²) in [5.74, 6) is -0.0624. The summed E-state index contributed by atoms with van der Waals surface area (Å²) < 4.78 is 0. The molecular weight excluding hydrogens is 369 g/mol. The highest BCUT2D eigenvalue weighted by Crippen LogP contribution is 2.37. The summed E-state index contributed by atoms with van der Waals surface area (Å²) in [7, 11) is 0. The van der Waals surface area contributed by atoms with Crippen LogP contribution >= 0.6 is 23.2 Å². The average molecular weight is 384 g/mol. The minimum absolute atomic E-state index is 0.0624. The van der Waals surface area contributed by atoms with E-state index in [0.29, 0.717) is 33.5 Å². The number of carbonyl (C=O) groups is 1. The number of aromatic nitrogens is 1. The molecule has 1 aliphatic heterocycles. The van der Waals surface area contributed by atoms with Crippen molar-refractivity contribution in [1.82, 2.24) is 9.88 Å². The predicted octanol–water partition coefficient (Wildman–Crippen LogP) is 5.16. The van der Waals surface area contributed by atoms with Crippen LogP contribution in [0.25, 0.3) is 0 Å². The molecule has 0 bridgehead atoms. The summed E-state index contributed by atoms with van der Waals surface area (Å²) in [6, 6.07) is 18.8. The van der Waals surface area contributed by atoms with Gasteiger partial charge in [0, 0.05) is 12.7 Å². The van der Waals surface area contributed by atoms with Gasteiger partial charge >= 0.3 is 0 Å². The summed E-state index contributed by atoms with van der Waals surface area (Å²) in [5, 5.41) is 4.21. The second-order valence-electron chi connectivity index (χ2n) is 6.00. The zero-order chi connectivity index (χ0) is 18.1. The monoisotopic (exact) mass is 383 g/mol. The summed E-state index contributed by atoms with van der Waals surface area (Å²) in [5.41, 5.74) is 2.98. The lowest BCUT2D eigenvalue weighted by molar-refractivity contribution is 0.0728. The molecule has 2 aromatic carbocycles. The molecule has 3 aromatic rings. The number of halogens is 2. The van der Waals surface area contributed by atoms with Crippen molar-refractivity contribution in [2.24, 2.45) is 0 Å². The van der Waals surface area contributed by atoms with E-state index in [1.54, 1.807) is 29.3 Å². The number of amides is 1. The van der Waals surface area contributed by atoms with Crippen molar-refractivity contribution in [2.45, 2.75) is 12.7 Å². The van der Waals surface area contributed by atoms with Crippen LogP contribution in [0.3, 0.4) is 0 Å². The van der Waals surface area contributed by atoms with E-state index in [1.807, 2.05) is 42.5 Å². The standard InChI is InChI=1S/C20H15Cl2N3O/c21-15-9-4-10-16(17(15)22)24-19-18-14(8-5-11-23-18)20(26)25(19)12-13-6-2-1-3-7-13/h1-11,19,24H,12H2/t19-/m1/s1. The Morgan fingerprint density at radius 3 is 2.62 bits per heavy atom. The van der Waals surface area contributed by atoms with E-state index in [9.17, 15) is 4.79 Å². The van der Waals surface area contributed by atoms with Crippen LogP contribution in [0.2, 0.25) is 10.0 Å². The van der Waals surface area contributed by atoms with Crippen molar-refractivity contribution >= 4 is 34.8 Å². The van der Waals surface area contributed by atoms with Gasteiger partial charge in [0.25, 0.3) is 5.91 Å². The molecular formula is C20H15Cl2N3O. The summed E-state index contributed by atoms with van der Waals surface area (Å²) in [4.78, 5) is 19.1. The Labute approximate surface area is 161 Å². The molecule has 1 aliphatic rings. The molecule has 4 rings (SSSR count). The van der Waals surface area contributed by atoms with Gasteiger partial charge in [-0.1, -0.05) is 59.6 Å². The number of anilines is 1. The van der Waals surface area contributed by atoms with Crippen LogP contribution in [0.4, 0.5) is 5.69 Å². The van der Waals surface area contributed by atoms with E-state index >= 15 is 0 Å². The molecule has 6 heteroatoms. The SMILES string of the molecule is O=C1c2cccnc2[C@H](Nc2cccc(Cl)c2Cl)N1Cc1ccccc1. The summed E-state index contributed by atoms with van der Waals surface area (Å²) >= 11 is 12.5. The van der Waals surface area contributed by atoms with E-state index in [1.165, 1.54) is 0 Å². The lowest BCUT2D eigenvalue weighted by Crippen LogP contribution is -2.32. The number of hydrogen-bond donors (Lipinski definition) is 1. The van der Waals surface area contributed by atoms with Gasteiger partial charge in [0.05, 0.1) is 27.0 Å². The Hall–Kier alpha value is -2.56. The van der Waals surface area contributed by atoms with Crippen molar-refractivity contribution < 1.29 is 4.79 Å². The molecule has 0 unspecified atom stereocenters. The first-order valence-electron chi connectivity index (χ1n) is 8.15. The smallest absolute Gasteiger partial charge is 0.258 e. The maximum atomic E-state index is 12.9. The van der Waals surface area contributed by atoms with E-state index < -0.39 is 6.17 Å². The van der Waals surface area contributed by atoms with Gasteiger partial charge in [0.2, 0.25) is 0 Å². The highest BCUT2D eigenvalue weighted by atomic mass is 35.5. The summed E-state index contributed by atoms with van der Waals surface area (Å²) in [6.45, 7) is 0.464. The first-order chi connectivity index (χ1) is 12.6. The van der Waals surface area contributed by atoms with E-state index in [-0.39, 0.29) is 5.91 Å². The number of benzene rings is 2. The normalized spacial score (nSPS) is 15.8. The highest BCUT2D eigenvalue weighted by Gasteiger charge is 2.38. The fraction of sp³-hybridized carbons (Fsp3) is 0.100. The lowest BCUT2D eigenvalue weighted by Gasteiger charge is -2.27. The van der Waals surface area contributed by atoms with Crippen molar-refractivity contribution in [1.29, 1.82) is 0 Å². The largest absolute Gasteiger partial charge is 0.359 e. The Balaban J connectivity index is 1.72. The molecule has 0 saturated heterocycles. The first-order valence-corrected chi connectivity index (χ1v) is 8.91. The molecule has 1 aromatic heterocycles. The average Bonchev–Trinajstić information content (AvgIpc) is 2.92. The molecule has 4 nitrogen and oxygen atoms in total. The van der Waals surface area contributed by atoms with Gasteiger partial charge in [-0.3, -0.25) is 9.78 Å². The topological polar surface area (TPSA) is 45.2 Å². The molecule has 0 radical (unpaired) electrons. The second kappa shape index (κ2) is 6.98. The Morgan fingerprint density at radius 2 is 1.81 bits per heavy atom. The molecule has 1 N–H and O–H groups in total. The number of nitrogens with one attached hydrogen (secondary N) is 1. The second-order valence-corrected chi connectivity index (χ2v) is 6.79. The lowest BCUT2D eigenvalue weighted by atomic mass is 10.2. The van der Waals surface area contributed by atoms with Gasteiger partial charge < -0.3 is 10.2 Å². The third kappa shape index (κ3) is 3.02. The van der Waals surface area contributed by atoms with Crippen LogP contribution in [-0.2, 0) is 6.54 Å². The zero-order valence-electron chi connectivity index (χ0n) is 13.7. The van der Waals surface area contributed by atoms with Gasteiger partial charge in [-0.2, -0.15) is 0 Å². The molecule has 0 aliphatic carbocycles. The number of fused-ring (bicyclic) bond motifs is 1. The predicted molar refractivity (Wildman–Crippen MR) is 103 cm³/mol. The van der Waals surface area contributed by atoms with Gasteiger partial charge in [0.1, 0.15) is 6.17 Å². The zero-order valence-corrected chi connectivity index (χ0v) is 15.2. The van der Waals surface area contributed by atoms with Crippen molar-refractivity contribution in [3.63, 3.8) is 0 Å². The number of nitrogens with zero attached hydrogens (tertiary/aromatic N) is 2. The fourth-order valence-corrected chi connectivity index (χ4v) is 3.44. The molecule has 2 heterocycles. The number of carbonyl (C=O) groups excluding carboxylic acids is 1. The minimum atomic E-state index is -0.421. The molecule has 130 valence electrons. The molecule has 0 fully saturated rings. The highest BCUT2D eigenvalue weighted by molar-refractivity contribution is 6.43. The first kappa shape index (κ1) is 16.9. The van der Waals surface area contributed by atoms with E-state index in [0.717, 1.165) is 5.56 Å². The number of rotatable bonds is 4. The van der Waals surface area contributed by atoms with Crippen LogP contribution in [0.5, 0.6) is 0 Å². The van der Waals surface area contributed by atoms with Gasteiger partial charge in [0.15, 0.2) is 0 Å². The Kier molecular flexibility index (Phi) is 4.53. The van der Waals surface area contributed by atoms with Crippen LogP contribution < -0.4 is 5.32 Å². The van der Waals surface area contributed by atoms with Crippen LogP contribution in [0.1, 0.15) is 27.8 Å². The van der Waals surface area contributed by atoms with Crippen molar-refractivity contribution in [3.8, 4) is 0 Å². The van der Waals surface area contributed by atoms with Gasteiger partial charge in [-0.15, -0.1) is 0 Å². The van der Waals surface area contributed by atoms with Crippen molar-refractivity contribution in [3.05, 3.63) is 93.7 Å². The van der Waals surface area contributed by atoms with Crippen LogP contribution in [0, 0.1) is 0 Å². The van der Waals surface area contributed by atoms with Gasteiger partial charge in [-0.25, -0.2) is 0 Å². The molecule has 1 amide bonds. The Morgan fingerprint density at radius 1 is 1.00 bits per heavy atom. The van der Waals surface area contributed by atoms with E-state index in [4.69, 9.17) is 23.2 Å². The maximum Gasteiger partial charge on any atom is 0.258 e. The number of pyridine rings is 1. The van der Waals surface area contributed by atoms with E-state index in [2.05, 4.69) is 10.3 Å². The molecule has 0 saturated carbocycles. The third-order valence-electron chi connectivity index (χ3n) is 4.34. The maximum absolute atomic E-state index is 12.9. The molecule has 0 spiro atoms. The van der Waals surface area contributed by atoms with Crippen LogP contribution in [-0.4, -0.2) is 15.8 Å². The van der Waals surface area contributed by atoms with Crippen LogP contribution in [0.15, 0.2) is 66.9 Å².